The van der Waals surface area contributed by atoms with Gasteiger partial charge in [0.15, 0.2) is 5.78 Å². The van der Waals surface area contributed by atoms with E-state index in [9.17, 15) is 23.9 Å². The topological polar surface area (TPSA) is 106 Å². The Bertz CT molecular complexity index is 1180. The predicted molar refractivity (Wildman–Crippen MR) is 104 cm³/mol. The van der Waals surface area contributed by atoms with E-state index in [4.69, 9.17) is 21.4 Å². The molecule has 7 nitrogen and oxygen atoms in total. The second kappa shape index (κ2) is 7.92. The van der Waals surface area contributed by atoms with E-state index in [1.165, 1.54) is 31.3 Å². The number of aromatic nitrogens is 1. The molecule has 29 heavy (non-hydrogen) atoms. The number of ketones is 1. The van der Waals surface area contributed by atoms with Crippen LogP contribution in [-0.2, 0) is 11.8 Å². The van der Waals surface area contributed by atoms with Gasteiger partial charge in [-0.25, -0.2) is 4.39 Å². The number of hydrogen-bond donors (Lipinski definition) is 2. The fourth-order valence-corrected chi connectivity index (χ4v) is 3.10. The lowest BCUT2D eigenvalue weighted by Gasteiger charge is -2.13. The third-order valence-corrected chi connectivity index (χ3v) is 4.48. The molecule has 0 fully saturated rings. The van der Waals surface area contributed by atoms with Gasteiger partial charge >= 0.3 is 5.97 Å². The number of aliphatic carboxylic acids is 1. The van der Waals surface area contributed by atoms with Gasteiger partial charge in [0.1, 0.15) is 28.6 Å². The normalized spacial score (nSPS) is 10.9. The molecule has 2 N–H and O–H groups in total. The Morgan fingerprint density at radius 1 is 1.14 bits per heavy atom. The van der Waals surface area contributed by atoms with Crippen molar-refractivity contribution in [2.24, 2.45) is 7.05 Å². The third kappa shape index (κ3) is 4.22. The van der Waals surface area contributed by atoms with Crippen molar-refractivity contribution < 1.29 is 28.9 Å². The molecule has 0 radical (unpaired) electrons. The molecule has 3 aromatic rings. The van der Waals surface area contributed by atoms with E-state index in [1.54, 1.807) is 0 Å². The lowest BCUT2D eigenvalue weighted by molar-refractivity contribution is -0.136. The molecule has 3 rings (SSSR count). The van der Waals surface area contributed by atoms with E-state index >= 15 is 0 Å². The summed E-state index contributed by atoms with van der Waals surface area (Å²) >= 11 is 5.80. The van der Waals surface area contributed by atoms with E-state index < -0.39 is 47.3 Å². The summed E-state index contributed by atoms with van der Waals surface area (Å²) in [5.74, 6) is -2.67. The molecule has 0 aliphatic rings. The average Bonchev–Trinajstić information content (AvgIpc) is 2.64. The minimum Gasteiger partial charge on any atom is -0.506 e. The summed E-state index contributed by atoms with van der Waals surface area (Å²) in [6.07, 6.45) is -0.867. The number of Topliss-reactive ketones (excluding diaryl/α,β-unsaturated/α-hetero) is 1. The smallest absolute Gasteiger partial charge is 0.303 e. The number of carboxylic acid groups (broad SMARTS) is 1. The Kier molecular flexibility index (Phi) is 5.56. The maximum Gasteiger partial charge on any atom is 0.303 e. The first-order chi connectivity index (χ1) is 13.7. The van der Waals surface area contributed by atoms with Gasteiger partial charge in [-0.05, 0) is 24.3 Å². The van der Waals surface area contributed by atoms with Gasteiger partial charge < -0.3 is 19.5 Å². The van der Waals surface area contributed by atoms with Crippen molar-refractivity contribution in [3.8, 4) is 17.2 Å². The number of pyridine rings is 1. The van der Waals surface area contributed by atoms with E-state index in [1.807, 2.05) is 0 Å². The van der Waals surface area contributed by atoms with Crippen LogP contribution in [0.4, 0.5) is 4.39 Å². The van der Waals surface area contributed by atoms with Crippen molar-refractivity contribution in [2.45, 2.75) is 12.8 Å². The first-order valence-electron chi connectivity index (χ1n) is 8.42. The monoisotopic (exact) mass is 419 g/mol. The van der Waals surface area contributed by atoms with Crippen LogP contribution < -0.4 is 10.3 Å². The summed E-state index contributed by atoms with van der Waals surface area (Å²) < 4.78 is 20.2. The van der Waals surface area contributed by atoms with Crippen molar-refractivity contribution in [3.63, 3.8) is 0 Å². The molecule has 0 spiro atoms. The van der Waals surface area contributed by atoms with Crippen LogP contribution in [-0.4, -0.2) is 26.5 Å². The fourth-order valence-electron chi connectivity index (χ4n) is 2.89. The molecule has 0 aliphatic carbocycles. The molecule has 0 aliphatic heterocycles. The molecule has 0 atom stereocenters. The van der Waals surface area contributed by atoms with Crippen molar-refractivity contribution >= 4 is 34.3 Å². The third-order valence-electron chi connectivity index (χ3n) is 4.26. The number of halogens is 2. The largest absolute Gasteiger partial charge is 0.506 e. The van der Waals surface area contributed by atoms with E-state index in [0.717, 1.165) is 16.7 Å². The predicted octanol–water partition coefficient (Wildman–Crippen LogP) is 3.88. The number of nitrogens with zero attached hydrogens (tertiary/aromatic N) is 1. The van der Waals surface area contributed by atoms with Crippen LogP contribution in [0.15, 0.2) is 41.2 Å². The number of carboxylic acids is 1. The molecular formula is C20H15ClFNO6. The van der Waals surface area contributed by atoms with Gasteiger partial charge in [-0.2, -0.15) is 0 Å². The molecule has 0 unspecified atom stereocenters. The number of rotatable bonds is 6. The number of carbonyl (C=O) groups excluding carboxylic acids is 1. The van der Waals surface area contributed by atoms with Crippen LogP contribution in [0.2, 0.25) is 5.02 Å². The standard InChI is InChI=1S/C20H15ClFNO6/c1-23-15-9-12(29-13-7-10(21)6-11(22)8-13)2-3-14(15)19(27)18(20(23)28)16(24)4-5-17(25)26/h2-3,6-9,27H,4-5H2,1H3,(H,25,26). The number of carbonyl (C=O) groups is 2. The molecular weight excluding hydrogens is 405 g/mol. The van der Waals surface area contributed by atoms with Gasteiger partial charge in [0.2, 0.25) is 0 Å². The van der Waals surface area contributed by atoms with E-state index in [2.05, 4.69) is 0 Å². The molecule has 0 amide bonds. The van der Waals surface area contributed by atoms with Crippen molar-refractivity contribution in [3.05, 3.63) is 63.2 Å². The maximum absolute atomic E-state index is 13.5. The molecule has 1 heterocycles. The Labute approximate surface area is 168 Å². The van der Waals surface area contributed by atoms with Crippen LogP contribution in [0.1, 0.15) is 23.2 Å². The zero-order valence-electron chi connectivity index (χ0n) is 15.1. The minimum absolute atomic E-state index is 0.143. The van der Waals surface area contributed by atoms with Crippen molar-refractivity contribution in [1.29, 1.82) is 0 Å². The Morgan fingerprint density at radius 3 is 2.52 bits per heavy atom. The lowest BCUT2D eigenvalue weighted by Crippen LogP contribution is -2.25. The molecule has 0 saturated heterocycles. The maximum atomic E-state index is 13.5. The molecule has 150 valence electrons. The first kappa shape index (κ1) is 20.3. The van der Waals surface area contributed by atoms with Crippen LogP contribution in [0.5, 0.6) is 17.2 Å². The number of ether oxygens (including phenoxy) is 1. The van der Waals surface area contributed by atoms with Crippen LogP contribution in [0.3, 0.4) is 0 Å². The van der Waals surface area contributed by atoms with E-state index in [-0.39, 0.29) is 27.4 Å². The summed E-state index contributed by atoms with van der Waals surface area (Å²) in [6.45, 7) is 0. The summed E-state index contributed by atoms with van der Waals surface area (Å²) in [4.78, 5) is 35.5. The molecule has 1 aromatic heterocycles. The quantitative estimate of drug-likeness (QED) is 0.587. The van der Waals surface area contributed by atoms with Gasteiger partial charge in [-0.15, -0.1) is 0 Å². The summed E-state index contributed by atoms with van der Waals surface area (Å²) in [5, 5.41) is 19.5. The van der Waals surface area contributed by atoms with Gasteiger partial charge in [0.05, 0.1) is 11.9 Å². The summed E-state index contributed by atoms with van der Waals surface area (Å²) in [5.41, 5.74) is -0.967. The minimum atomic E-state index is -1.19. The van der Waals surface area contributed by atoms with Gasteiger partial charge in [-0.1, -0.05) is 11.6 Å². The number of fused-ring (bicyclic) bond motifs is 1. The van der Waals surface area contributed by atoms with Gasteiger partial charge in [-0.3, -0.25) is 14.4 Å². The van der Waals surface area contributed by atoms with E-state index in [0.29, 0.717) is 0 Å². The average molecular weight is 420 g/mol. The Hall–Kier alpha value is -3.39. The first-order valence-corrected chi connectivity index (χ1v) is 8.80. The molecule has 0 bridgehead atoms. The van der Waals surface area contributed by atoms with Gasteiger partial charge in [0, 0.05) is 36.0 Å². The highest BCUT2D eigenvalue weighted by molar-refractivity contribution is 6.30. The van der Waals surface area contributed by atoms with Crippen LogP contribution >= 0.6 is 11.6 Å². The fraction of sp³-hybridized carbons (Fsp3) is 0.150. The second-order valence-electron chi connectivity index (χ2n) is 6.29. The van der Waals surface area contributed by atoms with Gasteiger partial charge in [0.25, 0.3) is 5.56 Å². The number of aryl methyl sites for hydroxylation is 1. The summed E-state index contributed by atoms with van der Waals surface area (Å²) in [6, 6.07) is 8.03. The number of benzene rings is 2. The molecule has 2 aromatic carbocycles. The van der Waals surface area contributed by atoms with Crippen LogP contribution in [0, 0.1) is 5.82 Å². The van der Waals surface area contributed by atoms with Crippen molar-refractivity contribution in [2.75, 3.05) is 0 Å². The number of aromatic hydroxyl groups is 1. The summed E-state index contributed by atoms with van der Waals surface area (Å²) in [7, 11) is 1.40. The Morgan fingerprint density at radius 2 is 1.86 bits per heavy atom. The lowest BCUT2D eigenvalue weighted by atomic mass is 10.0. The molecule has 9 heteroatoms. The number of hydrogen-bond acceptors (Lipinski definition) is 5. The SMILES string of the molecule is Cn1c(=O)c(C(=O)CCC(=O)O)c(O)c2ccc(Oc3cc(F)cc(Cl)c3)cc21. The highest BCUT2D eigenvalue weighted by atomic mass is 35.5. The highest BCUT2D eigenvalue weighted by Gasteiger charge is 2.22. The zero-order valence-corrected chi connectivity index (χ0v) is 15.9. The zero-order chi connectivity index (χ0) is 21.3. The van der Waals surface area contributed by atoms with Crippen molar-refractivity contribution in [1.82, 2.24) is 4.57 Å². The van der Waals surface area contributed by atoms with Crippen LogP contribution in [0.25, 0.3) is 10.9 Å². The molecule has 0 saturated carbocycles. The second-order valence-corrected chi connectivity index (χ2v) is 6.73. The highest BCUT2D eigenvalue weighted by Crippen LogP contribution is 2.32. The Balaban J connectivity index is 2.05.